The first-order valence-electron chi connectivity index (χ1n) is 19.6. The fraction of sp³-hybridized carbons (Fsp3) is 0.600. The van der Waals surface area contributed by atoms with Crippen LogP contribution < -0.4 is 0 Å². The second kappa shape index (κ2) is 11.1. The van der Waals surface area contributed by atoms with Crippen LogP contribution in [0.4, 0.5) is 0 Å². The molecule has 2 N–H and O–H groups in total. The van der Waals surface area contributed by atoms with Crippen LogP contribution in [-0.4, -0.2) is 62.3 Å². The van der Waals surface area contributed by atoms with E-state index in [1.54, 1.807) is 18.0 Å². The van der Waals surface area contributed by atoms with Crippen molar-refractivity contribution in [3.05, 3.63) is 76.5 Å². The van der Waals surface area contributed by atoms with Gasteiger partial charge in [-0.05, 0) is 120 Å². The monoisotopic (exact) mass is 706 g/mol. The lowest BCUT2D eigenvalue weighted by Crippen LogP contribution is -2.62. The van der Waals surface area contributed by atoms with Crippen LogP contribution in [0, 0.1) is 28.6 Å². The number of fused-ring (bicyclic) bond motifs is 11. The number of aliphatic hydroxyl groups is 2. The van der Waals surface area contributed by atoms with E-state index in [0.717, 1.165) is 58.9 Å². The highest BCUT2D eigenvalue weighted by molar-refractivity contribution is 6.18. The third-order valence-corrected chi connectivity index (χ3v) is 15.3. The van der Waals surface area contributed by atoms with Crippen molar-refractivity contribution in [3.63, 3.8) is 0 Å². The van der Waals surface area contributed by atoms with E-state index >= 15 is 0 Å². The molecular weight excluding hydrogens is 649 g/mol. The van der Waals surface area contributed by atoms with E-state index in [2.05, 4.69) is 77.8 Å². The smallest absolute Gasteiger partial charge is 0.246 e. The van der Waals surface area contributed by atoms with Crippen LogP contribution in [0.2, 0.25) is 0 Å². The van der Waals surface area contributed by atoms with Gasteiger partial charge in [0.15, 0.2) is 5.78 Å². The largest absolute Gasteiger partial charge is 0.392 e. The molecule has 52 heavy (non-hydrogen) atoms. The van der Waals surface area contributed by atoms with Crippen LogP contribution in [-0.2, 0) is 21.4 Å². The number of rotatable bonds is 5. The summed E-state index contributed by atoms with van der Waals surface area (Å²) in [5.41, 5.74) is 5.85. The summed E-state index contributed by atoms with van der Waals surface area (Å²) in [5, 5.41) is 25.1. The summed E-state index contributed by atoms with van der Waals surface area (Å²) < 4.78 is 8.90. The minimum absolute atomic E-state index is 0.0354. The lowest BCUT2D eigenvalue weighted by molar-refractivity contribution is -0.144. The van der Waals surface area contributed by atoms with Gasteiger partial charge in [0.2, 0.25) is 5.91 Å². The summed E-state index contributed by atoms with van der Waals surface area (Å²) in [4.78, 5) is 29.0. The molecule has 2 saturated carbocycles. The van der Waals surface area contributed by atoms with Crippen molar-refractivity contribution in [1.82, 2.24) is 9.47 Å². The molecule has 0 radical (unpaired) electrons. The van der Waals surface area contributed by atoms with Gasteiger partial charge in [-0.3, -0.25) is 9.59 Å². The third-order valence-electron chi connectivity index (χ3n) is 15.3. The Morgan fingerprint density at radius 1 is 1.10 bits per heavy atom. The number of nitrogens with zero attached hydrogens (tertiary/aromatic N) is 2. The second-order valence-electron chi connectivity index (χ2n) is 18.9. The van der Waals surface area contributed by atoms with Crippen LogP contribution in [0.1, 0.15) is 133 Å². The standard InChI is InChI=1S/C45H58N2O5/c1-12-46(11)32(49)15-13-14-19-43(8)30-17-16-25-21-28-27-22-26-29-23-41(4,5)52-42(6,7)35(29)38(50)33(26)34-37(27)47(36(24(2)3)39(34)51)40(28)45(25,10)44(30,9)20-18-31(43)48/h13-15,19,22-23,25,30-31,35-36,38,48,50H,2,12,16-18,20-21H2,1,3-11H3/b15-13+,19-14+/t25-,30-,31-,35+,36-,38+,43-,44-,45+/m0/s1. The number of hydrogen-bond acceptors (Lipinski definition) is 5. The van der Waals surface area contributed by atoms with Gasteiger partial charge in [0.05, 0.1) is 34.5 Å². The van der Waals surface area contributed by atoms with Gasteiger partial charge in [-0.15, -0.1) is 0 Å². The summed E-state index contributed by atoms with van der Waals surface area (Å²) in [6, 6.07) is 1.78. The molecular formula is C45H58N2O5. The van der Waals surface area contributed by atoms with Gasteiger partial charge in [0.1, 0.15) is 6.04 Å². The molecule has 7 heteroatoms. The first kappa shape index (κ1) is 35.8. The Balaban J connectivity index is 1.31. The summed E-state index contributed by atoms with van der Waals surface area (Å²) in [6.45, 7) is 24.4. The summed E-state index contributed by atoms with van der Waals surface area (Å²) in [6.07, 6.45) is 12.9. The minimum Gasteiger partial charge on any atom is -0.392 e. The van der Waals surface area contributed by atoms with Crippen molar-refractivity contribution >= 4 is 28.2 Å². The maximum absolute atomic E-state index is 14.9. The number of aliphatic hydroxyl groups excluding tert-OH is 2. The number of ether oxygens (including phenoxy) is 1. The topological polar surface area (TPSA) is 92.0 Å². The first-order chi connectivity index (χ1) is 24.2. The quantitative estimate of drug-likeness (QED) is 0.186. The van der Waals surface area contributed by atoms with Crippen molar-refractivity contribution in [1.29, 1.82) is 0 Å². The van der Waals surface area contributed by atoms with E-state index in [1.165, 1.54) is 11.3 Å². The number of hydrogen-bond donors (Lipinski definition) is 2. The highest BCUT2D eigenvalue weighted by Crippen LogP contribution is 2.71. The molecule has 0 unspecified atom stereocenters. The third kappa shape index (κ3) is 4.36. The first-order valence-corrected chi connectivity index (χ1v) is 19.6. The molecule has 2 aromatic rings. The van der Waals surface area contributed by atoms with Crippen molar-refractivity contribution in [2.75, 3.05) is 13.6 Å². The molecule has 8 rings (SSSR count). The maximum Gasteiger partial charge on any atom is 0.246 e. The lowest BCUT2D eigenvalue weighted by atomic mass is 9.40. The van der Waals surface area contributed by atoms with E-state index in [9.17, 15) is 19.8 Å². The SMILES string of the molecule is C=C(C)[C@H]1C(=O)c2c3c(cc4c5c(n1c24)[C@@]1(C)[C@@H](CC[C@H]2[C@](C)(/C=C/C=C/C(=O)N(C)CC)[C@@H](O)CC[C@@]21C)C5)C1=CC(C)(C)OC(C)(C)[C@H]1[C@@H]3O. The van der Waals surface area contributed by atoms with E-state index in [4.69, 9.17) is 4.74 Å². The highest BCUT2D eigenvalue weighted by Gasteiger charge is 2.67. The van der Waals surface area contributed by atoms with Crippen LogP contribution >= 0.6 is 0 Å². The predicted octanol–water partition coefficient (Wildman–Crippen LogP) is 8.19. The van der Waals surface area contributed by atoms with E-state index < -0.39 is 34.9 Å². The number of likely N-dealkylation sites (N-methyl/N-ethyl adjacent to an activating group) is 1. The van der Waals surface area contributed by atoms with Gasteiger partial charge >= 0.3 is 0 Å². The highest BCUT2D eigenvalue weighted by atomic mass is 16.5. The number of carbonyl (C=O) groups excluding carboxylic acids is 2. The molecule has 0 bridgehead atoms. The molecule has 1 amide bonds. The number of ketones is 1. The number of benzene rings is 1. The Kier molecular flexibility index (Phi) is 7.66. The van der Waals surface area contributed by atoms with Crippen molar-refractivity contribution in [2.24, 2.45) is 28.6 Å². The van der Waals surface area contributed by atoms with Crippen LogP contribution in [0.25, 0.3) is 16.5 Å². The van der Waals surface area contributed by atoms with Gasteiger partial charge in [0.25, 0.3) is 0 Å². The minimum atomic E-state index is -0.850. The Morgan fingerprint density at radius 2 is 1.81 bits per heavy atom. The van der Waals surface area contributed by atoms with Crippen LogP contribution in [0.15, 0.2) is 48.6 Å². The van der Waals surface area contributed by atoms with Crippen molar-refractivity contribution in [3.8, 4) is 0 Å². The van der Waals surface area contributed by atoms with Crippen molar-refractivity contribution < 1.29 is 24.5 Å². The van der Waals surface area contributed by atoms with E-state index in [1.807, 2.05) is 26.0 Å². The number of Topliss-reactive ketones (excluding diaryl/α,β-unsaturated/α-hetero) is 1. The summed E-state index contributed by atoms with van der Waals surface area (Å²) in [7, 11) is 1.80. The molecule has 0 spiro atoms. The molecule has 9 atom stereocenters. The molecule has 3 heterocycles. The number of allylic oxidation sites excluding steroid dienone is 3. The molecule has 1 aromatic heterocycles. The zero-order valence-electron chi connectivity index (χ0n) is 32.9. The molecule has 7 nitrogen and oxygen atoms in total. The zero-order chi connectivity index (χ0) is 37.7. The fourth-order valence-corrected chi connectivity index (χ4v) is 12.8. The van der Waals surface area contributed by atoms with Gasteiger partial charge in [-0.25, -0.2) is 0 Å². The average molecular weight is 707 g/mol. The Labute approximate surface area is 309 Å². The fourth-order valence-electron chi connectivity index (χ4n) is 12.8. The van der Waals surface area contributed by atoms with Gasteiger partial charge in [0, 0.05) is 53.1 Å². The number of amides is 1. The zero-order valence-corrected chi connectivity index (χ0v) is 32.9. The molecule has 4 aliphatic carbocycles. The molecule has 1 aromatic carbocycles. The summed E-state index contributed by atoms with van der Waals surface area (Å²) >= 11 is 0. The molecule has 0 saturated heterocycles. The normalized spacial score (nSPS) is 37.9. The van der Waals surface area contributed by atoms with E-state index in [0.29, 0.717) is 24.4 Å². The molecule has 6 aliphatic rings. The van der Waals surface area contributed by atoms with Crippen LogP contribution in [0.3, 0.4) is 0 Å². The molecule has 2 fully saturated rings. The number of aromatic nitrogens is 1. The molecule has 278 valence electrons. The van der Waals surface area contributed by atoms with Crippen LogP contribution in [0.5, 0.6) is 0 Å². The Hall–Kier alpha value is -3.26. The second-order valence-corrected chi connectivity index (χ2v) is 18.9. The summed E-state index contributed by atoms with van der Waals surface area (Å²) in [5.74, 6) is 0.316. The Morgan fingerprint density at radius 3 is 2.48 bits per heavy atom. The van der Waals surface area contributed by atoms with E-state index in [-0.39, 0.29) is 34.4 Å². The average Bonchev–Trinajstić information content (AvgIpc) is 3.73. The molecule has 2 aliphatic heterocycles. The maximum atomic E-state index is 14.9. The Bertz CT molecular complexity index is 2040. The van der Waals surface area contributed by atoms with Gasteiger partial charge in [-0.1, -0.05) is 51.2 Å². The predicted molar refractivity (Wildman–Crippen MR) is 206 cm³/mol. The number of carbonyl (C=O) groups is 2. The lowest BCUT2D eigenvalue weighted by Gasteiger charge is -2.64. The van der Waals surface area contributed by atoms with Gasteiger partial charge in [-0.2, -0.15) is 0 Å². The van der Waals surface area contributed by atoms with Crippen molar-refractivity contribution in [2.45, 2.75) is 129 Å². The van der Waals surface area contributed by atoms with Gasteiger partial charge < -0.3 is 24.4 Å².